The highest BCUT2D eigenvalue weighted by Crippen LogP contribution is 0.498. The standard InChI is InChI=1S/3CH2O.CH4/c3*1-2;/h3*1H2;1H4. The normalized spacial score (nSPS) is 1.71. The Balaban J connectivity index is -0.00000000900. The molecule has 44 valence electrons. The lowest BCUT2D eigenvalue weighted by Gasteiger charge is -0.837. The average Bonchev–Trinajstić information content (AvgIpc) is 1.81. The molecule has 3 heteroatoms. The van der Waals surface area contributed by atoms with Gasteiger partial charge in [0, 0.05) is 0 Å². The number of hydrogen-bond acceptors (Lipinski definition) is 3. The maximum atomic E-state index is 8.00. The van der Waals surface area contributed by atoms with Crippen LogP contribution in [0.25, 0.3) is 0 Å². The second-order valence-electron chi connectivity index (χ2n) is 0. The molecule has 0 aliphatic carbocycles. The van der Waals surface area contributed by atoms with Gasteiger partial charge in [0.05, 0.1) is 0 Å². The molecule has 0 spiro atoms. The summed E-state index contributed by atoms with van der Waals surface area (Å²) >= 11 is 0. The molecular weight excluding hydrogens is 96.0 g/mol. The van der Waals surface area contributed by atoms with Gasteiger partial charge in [0.1, 0.15) is 20.4 Å². The van der Waals surface area contributed by atoms with Crippen molar-refractivity contribution in [3.63, 3.8) is 0 Å². The topological polar surface area (TPSA) is 51.2 Å². The van der Waals surface area contributed by atoms with Gasteiger partial charge in [0.2, 0.25) is 0 Å². The Morgan fingerprint density at radius 1 is 0.571 bits per heavy atom. The SMILES string of the molecule is C.C=O.C=O.C=O. The fraction of sp³-hybridized carbons (Fsp3) is 0.250. The van der Waals surface area contributed by atoms with Gasteiger partial charge >= 0.3 is 0 Å². The number of carbonyl (C=O) groups excluding carboxylic acids is 3. The van der Waals surface area contributed by atoms with Crippen LogP contribution in [0, 0.1) is 0 Å². The van der Waals surface area contributed by atoms with Crippen molar-refractivity contribution in [1.29, 1.82) is 0 Å². The van der Waals surface area contributed by atoms with Crippen LogP contribution in [0.15, 0.2) is 0 Å². The summed E-state index contributed by atoms with van der Waals surface area (Å²) in [4.78, 5) is 24.0. The van der Waals surface area contributed by atoms with Crippen LogP contribution in [0.2, 0.25) is 0 Å². The lowest BCUT2D eigenvalue weighted by Crippen LogP contribution is -0.925. The third-order valence-corrected chi connectivity index (χ3v) is 0. The van der Waals surface area contributed by atoms with E-state index in [9.17, 15) is 0 Å². The van der Waals surface area contributed by atoms with E-state index in [1.165, 1.54) is 0 Å². The monoisotopic (exact) mass is 106 g/mol. The van der Waals surface area contributed by atoms with Gasteiger partial charge in [-0.25, -0.2) is 0 Å². The van der Waals surface area contributed by atoms with E-state index in [0.717, 1.165) is 0 Å². The van der Waals surface area contributed by atoms with Gasteiger partial charge in [-0.15, -0.1) is 0 Å². The maximum absolute atomic E-state index is 8.00. The first-order chi connectivity index (χ1) is 3.00. The van der Waals surface area contributed by atoms with Crippen LogP contribution in [-0.4, -0.2) is 20.4 Å². The van der Waals surface area contributed by atoms with Crippen molar-refractivity contribution >= 4 is 20.4 Å². The fourth-order valence-corrected chi connectivity index (χ4v) is 0. The smallest absolute Gasteiger partial charge is 0.106 e. The summed E-state index contributed by atoms with van der Waals surface area (Å²) in [6.07, 6.45) is 0. The third-order valence-electron chi connectivity index (χ3n) is 0. The van der Waals surface area contributed by atoms with Gasteiger partial charge in [-0.2, -0.15) is 0 Å². The molecule has 0 aromatic heterocycles. The second kappa shape index (κ2) is 82.2. The van der Waals surface area contributed by atoms with Gasteiger partial charge < -0.3 is 14.4 Å². The molecule has 0 aromatic rings. The van der Waals surface area contributed by atoms with E-state index < -0.39 is 0 Å². The van der Waals surface area contributed by atoms with Crippen LogP contribution < -0.4 is 0 Å². The van der Waals surface area contributed by atoms with Crippen LogP contribution in [0.1, 0.15) is 7.43 Å². The molecule has 0 N–H and O–H groups in total. The fourth-order valence-electron chi connectivity index (χ4n) is 0. The van der Waals surface area contributed by atoms with Gasteiger partial charge in [0.15, 0.2) is 0 Å². The van der Waals surface area contributed by atoms with Gasteiger partial charge in [-0.05, 0) is 0 Å². The molecule has 0 atom stereocenters. The molecule has 0 radical (unpaired) electrons. The molecule has 0 aliphatic heterocycles. The summed E-state index contributed by atoms with van der Waals surface area (Å²) in [7, 11) is 0. The van der Waals surface area contributed by atoms with Crippen LogP contribution in [0.5, 0.6) is 0 Å². The van der Waals surface area contributed by atoms with Crippen molar-refractivity contribution < 1.29 is 14.4 Å². The lowest BCUT2D eigenvalue weighted by atomic mass is 11.9. The molecule has 0 unspecified atom stereocenters. The molecule has 0 aromatic carbocycles. The molecule has 3 nitrogen and oxygen atoms in total. The van der Waals surface area contributed by atoms with E-state index in [1.54, 1.807) is 0 Å². The zero-order valence-corrected chi connectivity index (χ0v) is 3.35. The summed E-state index contributed by atoms with van der Waals surface area (Å²) in [6, 6.07) is 0. The largest absolute Gasteiger partial charge is 0.307 e. The summed E-state index contributed by atoms with van der Waals surface area (Å²) in [5.41, 5.74) is 0. The predicted octanol–water partition coefficient (Wildman–Crippen LogP) is 0.0814. The van der Waals surface area contributed by atoms with Gasteiger partial charge in [0.25, 0.3) is 0 Å². The Hall–Kier alpha value is -0.990. The van der Waals surface area contributed by atoms with Crippen LogP contribution in [0.4, 0.5) is 0 Å². The zero-order chi connectivity index (χ0) is 6.00. The van der Waals surface area contributed by atoms with E-state index in [0.29, 0.717) is 0 Å². The molecule has 0 heterocycles. The number of carbonyl (C=O) groups is 3. The zero-order valence-electron chi connectivity index (χ0n) is 3.35. The molecule has 0 saturated heterocycles. The minimum atomic E-state index is 0. The van der Waals surface area contributed by atoms with E-state index in [4.69, 9.17) is 14.4 Å². The maximum Gasteiger partial charge on any atom is 0.106 e. The summed E-state index contributed by atoms with van der Waals surface area (Å²) < 4.78 is 0. The molecule has 0 saturated carbocycles. The molecule has 0 aliphatic rings. The van der Waals surface area contributed by atoms with Gasteiger partial charge in [-0.3, -0.25) is 0 Å². The van der Waals surface area contributed by atoms with Crippen molar-refractivity contribution in [2.75, 3.05) is 0 Å². The van der Waals surface area contributed by atoms with E-state index in [1.807, 2.05) is 20.4 Å². The van der Waals surface area contributed by atoms with E-state index in [-0.39, 0.29) is 7.43 Å². The van der Waals surface area contributed by atoms with E-state index >= 15 is 0 Å². The summed E-state index contributed by atoms with van der Waals surface area (Å²) in [5.74, 6) is 0. The highest BCUT2D eigenvalue weighted by Gasteiger charge is 0.640. The first kappa shape index (κ1) is 37.3. The number of hydrogen-bond donors (Lipinski definition) is 0. The molecular formula is C4H10O3. The highest BCUT2D eigenvalue weighted by atomic mass is 16.1. The van der Waals surface area contributed by atoms with E-state index in [2.05, 4.69) is 0 Å². The van der Waals surface area contributed by atoms with Crippen LogP contribution >= 0.6 is 0 Å². The first-order valence-electron chi connectivity index (χ1n) is 0.866. The third kappa shape index (κ3) is 46.3. The molecule has 7 heavy (non-hydrogen) atoms. The van der Waals surface area contributed by atoms with Crippen molar-refractivity contribution in [1.82, 2.24) is 0 Å². The van der Waals surface area contributed by atoms with Gasteiger partial charge in [-0.1, -0.05) is 7.43 Å². The van der Waals surface area contributed by atoms with Crippen molar-refractivity contribution in [2.24, 2.45) is 0 Å². The van der Waals surface area contributed by atoms with Crippen molar-refractivity contribution in [3.05, 3.63) is 0 Å². The quantitative estimate of drug-likeness (QED) is 0.439. The average molecular weight is 106 g/mol. The van der Waals surface area contributed by atoms with Crippen molar-refractivity contribution in [2.45, 2.75) is 7.43 Å². The van der Waals surface area contributed by atoms with Crippen LogP contribution in [0.3, 0.4) is 0 Å². The Labute approximate surface area is 43.3 Å². The summed E-state index contributed by atoms with van der Waals surface area (Å²) in [6.45, 7) is 6.00. The Kier molecular flexibility index (Phi) is 438. The Morgan fingerprint density at radius 2 is 0.571 bits per heavy atom. The Bertz CT molecular complexity index is 11.7. The minimum Gasteiger partial charge on any atom is -0.307 e. The minimum absolute atomic E-state index is 0. The number of rotatable bonds is 0. The van der Waals surface area contributed by atoms with Crippen molar-refractivity contribution in [3.8, 4) is 0 Å². The summed E-state index contributed by atoms with van der Waals surface area (Å²) in [5, 5.41) is 0. The molecule has 0 bridgehead atoms. The first-order valence-corrected chi connectivity index (χ1v) is 0.866. The molecule has 0 rings (SSSR count). The highest BCUT2D eigenvalue weighted by molar-refractivity contribution is 5.11. The molecule has 0 fully saturated rings. The van der Waals surface area contributed by atoms with Crippen LogP contribution in [-0.2, 0) is 14.4 Å². The second-order valence-corrected chi connectivity index (χ2v) is 0. The lowest BCUT2D eigenvalue weighted by molar-refractivity contribution is -0.0987. The predicted molar refractivity (Wildman–Crippen MR) is 28.1 cm³/mol. The molecule has 0 amide bonds. The Morgan fingerprint density at radius 3 is 0.571 bits per heavy atom.